The third-order valence-electron chi connectivity index (χ3n) is 24.1. The van der Waals surface area contributed by atoms with Crippen LogP contribution in [0.2, 0.25) is 0 Å². The van der Waals surface area contributed by atoms with Crippen molar-refractivity contribution in [3.8, 4) is 136 Å². The summed E-state index contributed by atoms with van der Waals surface area (Å²) in [4.78, 5) is 30.9. The quantitative estimate of drug-likeness (QED) is 0.111. The van der Waals surface area contributed by atoms with Gasteiger partial charge in [0.1, 0.15) is 11.4 Å². The molecular weight excluding hydrogens is 1500 g/mol. The first kappa shape index (κ1) is 70.4. The maximum atomic E-state index is 5.45. The lowest BCUT2D eigenvalue weighted by Crippen LogP contribution is -2.00. The van der Waals surface area contributed by atoms with E-state index < -0.39 is 0 Å². The molecule has 0 spiro atoms. The Morgan fingerprint density at radius 2 is 0.431 bits per heavy atom. The van der Waals surface area contributed by atoms with Crippen molar-refractivity contribution in [3.63, 3.8) is 0 Å². The molecule has 25 rings (SSSR count). The Morgan fingerprint density at radius 3 is 0.821 bits per heavy atom. The summed E-state index contributed by atoms with van der Waals surface area (Å²) in [6, 6.07) is 147. The molecule has 25 aromatic rings. The number of benzene rings is 17. The highest BCUT2D eigenvalue weighted by Crippen LogP contribution is 2.47. The molecule has 0 fully saturated rings. The van der Waals surface area contributed by atoms with Gasteiger partial charge in [-0.2, -0.15) is 10.2 Å². The number of pyridine rings is 2. The molecule has 0 amide bonds. The molecule has 8 heterocycles. The highest BCUT2D eigenvalue weighted by molar-refractivity contribution is 6.27. The Hall–Kier alpha value is -16.8. The Kier molecular flexibility index (Phi) is 16.7. The fourth-order valence-corrected chi connectivity index (χ4v) is 18.4. The van der Waals surface area contributed by atoms with Gasteiger partial charge in [0.25, 0.3) is 0 Å². The third-order valence-corrected chi connectivity index (χ3v) is 24.1. The minimum absolute atomic E-state index is 0.606. The van der Waals surface area contributed by atoms with Crippen LogP contribution in [0.1, 0.15) is 0 Å². The standard InChI is InChI=1S/C56H34N6.C56H35N5/c1-4-16-35(17-5-1)49-34-40-22-10-11-23-42(40)53-50(36-18-6-2-7-19-36)51(60-62(49)53)37-28-30-39(31-29-37)55-57-54(38-20-8-3-9-21-38)58-56(59-55)41-32-45-43-24-12-14-26-47(43)61-48-27-15-13-25-44(48)46(33-41)52(45)61;1-4-16-36(17-5-1)50-35-41-22-10-11-23-43(41)53-51(37-18-6-2-7-19-37)52(60-61(50)53)38-28-30-40(31-29-38)55-57-54(39-20-8-3-9-21-39)58-56(59-55)42-32-33-48-46-26-13-12-24-44(46)45-25-14-15-27-47(45)49(48)34-42/h1-34H;1-35H. The van der Waals surface area contributed by atoms with E-state index in [1.807, 2.05) is 48.5 Å². The van der Waals surface area contributed by atoms with Gasteiger partial charge in [0, 0.05) is 99.1 Å². The summed E-state index contributed by atoms with van der Waals surface area (Å²) in [5, 5.41) is 27.6. The Morgan fingerprint density at radius 1 is 0.163 bits per heavy atom. The monoisotopic (exact) mass is 1570 g/mol. The summed E-state index contributed by atoms with van der Waals surface area (Å²) in [7, 11) is 0. The van der Waals surface area contributed by atoms with E-state index >= 15 is 0 Å². The molecule has 0 bridgehead atoms. The summed E-state index contributed by atoms with van der Waals surface area (Å²) < 4.78 is 6.65. The second kappa shape index (κ2) is 29.1. The van der Waals surface area contributed by atoms with Gasteiger partial charge in [-0.15, -0.1) is 0 Å². The molecule has 0 aliphatic heterocycles. The summed E-state index contributed by atoms with van der Waals surface area (Å²) >= 11 is 0. The smallest absolute Gasteiger partial charge is 0.164 e. The van der Waals surface area contributed by atoms with Crippen LogP contribution in [0.15, 0.2) is 419 Å². The molecule has 0 saturated carbocycles. The van der Waals surface area contributed by atoms with E-state index in [2.05, 4.69) is 383 Å². The summed E-state index contributed by atoms with van der Waals surface area (Å²) in [5.41, 5.74) is 23.8. The van der Waals surface area contributed by atoms with Crippen LogP contribution in [0, 0.1) is 0 Å². The van der Waals surface area contributed by atoms with Crippen molar-refractivity contribution in [1.82, 2.24) is 53.5 Å². The lowest BCUT2D eigenvalue weighted by molar-refractivity contribution is 0.979. The maximum Gasteiger partial charge on any atom is 0.164 e. The van der Waals surface area contributed by atoms with Crippen LogP contribution in [0.3, 0.4) is 0 Å². The maximum absolute atomic E-state index is 5.45. The fraction of sp³-hybridized carbons (Fsp3) is 0. The Labute approximate surface area is 706 Å². The molecule has 0 radical (unpaired) electrons. The van der Waals surface area contributed by atoms with Gasteiger partial charge in [0.15, 0.2) is 34.9 Å². The minimum atomic E-state index is 0.606. The van der Waals surface area contributed by atoms with Gasteiger partial charge in [-0.05, 0) is 96.7 Å². The predicted molar refractivity (Wildman–Crippen MR) is 505 cm³/mol. The number of hydrogen-bond donors (Lipinski definition) is 0. The van der Waals surface area contributed by atoms with Crippen molar-refractivity contribution in [3.05, 3.63) is 419 Å². The van der Waals surface area contributed by atoms with Gasteiger partial charge in [0.05, 0.1) is 39.0 Å². The van der Waals surface area contributed by atoms with Gasteiger partial charge >= 0.3 is 0 Å². The Bertz CT molecular complexity index is 8330. The topological polar surface area (TPSA) is 116 Å². The SMILES string of the molecule is c1ccc(-c2nc(-c3ccc(-c4nn5c(-c6ccccc6)cc6ccccc6c5c4-c4ccccc4)cc3)nc(-c3cc4c5ccccc5n5c6ccccc6c(c3)c45)n2)cc1.c1ccc(-c2nc(-c3ccc(-c4nn5c(-c6ccccc6)cc6ccccc6c5c4-c4ccccc4)cc3)nc(-c3ccc4c5ccccc5c5ccccc5c4c3)n2)cc1. The molecule has 0 aliphatic carbocycles. The largest absolute Gasteiger partial charge is 0.308 e. The van der Waals surface area contributed by atoms with Crippen molar-refractivity contribution in [2.75, 3.05) is 0 Å². The molecule has 8 aromatic heterocycles. The first-order chi connectivity index (χ1) is 61.0. The minimum Gasteiger partial charge on any atom is -0.308 e. The van der Waals surface area contributed by atoms with Gasteiger partial charge < -0.3 is 4.40 Å². The van der Waals surface area contributed by atoms with E-state index in [4.69, 9.17) is 40.1 Å². The predicted octanol–water partition coefficient (Wildman–Crippen LogP) is 28.0. The van der Waals surface area contributed by atoms with E-state index in [9.17, 15) is 0 Å². The van der Waals surface area contributed by atoms with Gasteiger partial charge in [0.2, 0.25) is 0 Å². The molecule has 11 heteroatoms. The lowest BCUT2D eigenvalue weighted by atomic mass is 9.93. The van der Waals surface area contributed by atoms with Crippen molar-refractivity contribution >= 4 is 103 Å². The molecule has 0 aliphatic rings. The number of fused-ring (bicyclic) bond motifs is 18. The lowest BCUT2D eigenvalue weighted by Gasteiger charge is -2.12. The van der Waals surface area contributed by atoms with Crippen LogP contribution in [-0.4, -0.2) is 53.5 Å². The zero-order chi connectivity index (χ0) is 81.0. The number of rotatable bonds is 12. The van der Waals surface area contributed by atoms with Crippen molar-refractivity contribution in [1.29, 1.82) is 0 Å². The second-order valence-corrected chi connectivity index (χ2v) is 31.3. The molecule has 123 heavy (non-hydrogen) atoms. The second-order valence-electron chi connectivity index (χ2n) is 31.3. The molecule has 11 nitrogen and oxygen atoms in total. The molecule has 0 unspecified atom stereocenters. The molecule has 572 valence electrons. The average Bonchev–Trinajstić information content (AvgIpc) is 1.55. The summed E-state index contributed by atoms with van der Waals surface area (Å²) in [6.45, 7) is 0. The molecule has 0 atom stereocenters. The van der Waals surface area contributed by atoms with E-state index in [-0.39, 0.29) is 0 Å². The van der Waals surface area contributed by atoms with Crippen molar-refractivity contribution < 1.29 is 0 Å². The van der Waals surface area contributed by atoms with Crippen LogP contribution in [0.25, 0.3) is 239 Å². The normalized spacial score (nSPS) is 11.7. The van der Waals surface area contributed by atoms with E-state index in [1.165, 1.54) is 81.2 Å². The van der Waals surface area contributed by atoms with Crippen molar-refractivity contribution in [2.45, 2.75) is 0 Å². The number of para-hydroxylation sites is 2. The van der Waals surface area contributed by atoms with Crippen molar-refractivity contribution in [2.24, 2.45) is 0 Å². The zero-order valence-corrected chi connectivity index (χ0v) is 66.3. The number of aromatic nitrogens is 11. The van der Waals surface area contributed by atoms with Gasteiger partial charge in [-0.25, -0.2) is 38.9 Å². The highest BCUT2D eigenvalue weighted by Gasteiger charge is 2.27. The van der Waals surface area contributed by atoms with E-state index in [0.29, 0.717) is 34.9 Å². The zero-order valence-electron chi connectivity index (χ0n) is 66.3. The van der Waals surface area contributed by atoms with Crippen LogP contribution in [-0.2, 0) is 0 Å². The molecule has 0 saturated heterocycles. The van der Waals surface area contributed by atoms with Crippen LogP contribution in [0.4, 0.5) is 0 Å². The highest BCUT2D eigenvalue weighted by atomic mass is 15.2. The van der Waals surface area contributed by atoms with Gasteiger partial charge in [-0.1, -0.05) is 376 Å². The van der Waals surface area contributed by atoms with E-state index in [1.54, 1.807) is 0 Å². The summed E-state index contributed by atoms with van der Waals surface area (Å²) in [6.07, 6.45) is 0. The first-order valence-corrected chi connectivity index (χ1v) is 41.5. The molecular formula is C112H69N11. The van der Waals surface area contributed by atoms with Crippen LogP contribution in [0.5, 0.6) is 0 Å². The van der Waals surface area contributed by atoms with Crippen LogP contribution >= 0.6 is 0 Å². The van der Waals surface area contributed by atoms with E-state index in [0.717, 1.165) is 122 Å². The first-order valence-electron chi connectivity index (χ1n) is 41.5. The summed E-state index contributed by atoms with van der Waals surface area (Å²) in [5.74, 6) is 3.72. The number of hydrogen-bond acceptors (Lipinski definition) is 8. The average molecular weight is 1570 g/mol. The molecule has 0 N–H and O–H groups in total. The molecule has 17 aromatic carbocycles. The number of nitrogens with zero attached hydrogens (tertiary/aromatic N) is 11. The third kappa shape index (κ3) is 12.0. The van der Waals surface area contributed by atoms with Crippen LogP contribution < -0.4 is 0 Å². The van der Waals surface area contributed by atoms with Gasteiger partial charge in [-0.3, -0.25) is 0 Å². The Balaban J connectivity index is 0.000000139. The fourth-order valence-electron chi connectivity index (χ4n) is 18.4.